The van der Waals surface area contributed by atoms with Crippen LogP contribution in [0.4, 0.5) is 0 Å². The normalized spacial score (nSPS) is 18.2. The third-order valence-electron chi connectivity index (χ3n) is 6.11. The lowest BCUT2D eigenvalue weighted by Gasteiger charge is -2.32. The number of rotatable bonds is 2. The Labute approximate surface area is 165 Å². The van der Waals surface area contributed by atoms with Crippen molar-refractivity contribution in [3.63, 3.8) is 0 Å². The van der Waals surface area contributed by atoms with Gasteiger partial charge in [-0.05, 0) is 44.8 Å². The molecule has 0 saturated carbocycles. The molecule has 3 aromatic carbocycles. The van der Waals surface area contributed by atoms with Gasteiger partial charge in [-0.25, -0.2) is 0 Å². The summed E-state index contributed by atoms with van der Waals surface area (Å²) in [4.78, 5) is 0. The van der Waals surface area contributed by atoms with E-state index in [1.165, 1.54) is 0 Å². The minimum atomic E-state index is -0.412. The molecule has 140 valence electrons. The minimum absolute atomic E-state index is 0.377. The van der Waals surface area contributed by atoms with Crippen molar-refractivity contribution in [3.05, 3.63) is 66.7 Å². The molecule has 0 spiro atoms. The predicted molar refractivity (Wildman–Crippen MR) is 115 cm³/mol. The lowest BCUT2D eigenvalue weighted by Crippen LogP contribution is -2.41. The van der Waals surface area contributed by atoms with E-state index in [1.54, 1.807) is 0 Å². The van der Waals surface area contributed by atoms with E-state index in [1.807, 2.05) is 36.4 Å². The summed E-state index contributed by atoms with van der Waals surface area (Å²) in [5.74, 6) is 0. The average molecular weight is 370 g/mol. The fourth-order valence-electron chi connectivity index (χ4n) is 3.80. The molecule has 3 nitrogen and oxygen atoms in total. The summed E-state index contributed by atoms with van der Waals surface area (Å²) in [5, 5.41) is 2.19. The second kappa shape index (κ2) is 5.97. The number of para-hydroxylation sites is 1. The Kier molecular flexibility index (Phi) is 3.74. The van der Waals surface area contributed by atoms with Gasteiger partial charge in [-0.15, -0.1) is 0 Å². The lowest BCUT2D eigenvalue weighted by molar-refractivity contribution is 0.00578. The van der Waals surface area contributed by atoms with Gasteiger partial charge in [0.1, 0.15) is 11.2 Å². The molecule has 1 saturated heterocycles. The first-order valence-electron chi connectivity index (χ1n) is 9.72. The summed E-state index contributed by atoms with van der Waals surface area (Å²) in [5.41, 5.74) is 4.21. The highest BCUT2D eigenvalue weighted by Crippen LogP contribution is 2.39. The molecular formula is C24H23BO3. The van der Waals surface area contributed by atoms with Gasteiger partial charge in [0, 0.05) is 16.3 Å². The van der Waals surface area contributed by atoms with Gasteiger partial charge in [-0.3, -0.25) is 0 Å². The summed E-state index contributed by atoms with van der Waals surface area (Å²) in [6.45, 7) is 8.32. The van der Waals surface area contributed by atoms with E-state index < -0.39 is 7.12 Å². The topological polar surface area (TPSA) is 31.6 Å². The monoisotopic (exact) mass is 370 g/mol. The first-order chi connectivity index (χ1) is 13.4. The van der Waals surface area contributed by atoms with Gasteiger partial charge in [-0.2, -0.15) is 0 Å². The molecule has 2 heterocycles. The van der Waals surface area contributed by atoms with Crippen LogP contribution in [0.2, 0.25) is 0 Å². The molecule has 0 unspecified atom stereocenters. The molecule has 28 heavy (non-hydrogen) atoms. The van der Waals surface area contributed by atoms with Crippen LogP contribution in [0.15, 0.2) is 71.1 Å². The highest BCUT2D eigenvalue weighted by atomic mass is 16.7. The molecule has 4 heteroatoms. The third kappa shape index (κ3) is 2.60. The van der Waals surface area contributed by atoms with Crippen LogP contribution in [-0.2, 0) is 9.31 Å². The van der Waals surface area contributed by atoms with E-state index in [9.17, 15) is 0 Å². The number of furan rings is 1. The Bertz CT molecular complexity index is 1160. The molecule has 0 bridgehead atoms. The van der Waals surface area contributed by atoms with E-state index in [0.29, 0.717) is 0 Å². The quantitative estimate of drug-likeness (QED) is 0.434. The Hall–Kier alpha value is -2.56. The van der Waals surface area contributed by atoms with Crippen LogP contribution in [-0.4, -0.2) is 18.3 Å². The molecule has 0 N–H and O–H groups in total. The van der Waals surface area contributed by atoms with E-state index >= 15 is 0 Å². The standard InChI is InChI=1S/C24H23BO3/c1-23(2)24(3,4)28-25(27-23)17-14-19(16-10-6-5-7-11-16)22-20(15-17)18-12-8-9-13-21(18)26-22/h5-15H,1-4H3. The zero-order chi connectivity index (χ0) is 19.5. The number of hydrogen-bond acceptors (Lipinski definition) is 3. The van der Waals surface area contributed by atoms with Crippen LogP contribution in [0.25, 0.3) is 33.1 Å². The fraction of sp³-hybridized carbons (Fsp3) is 0.250. The summed E-state index contributed by atoms with van der Waals surface area (Å²) >= 11 is 0. The van der Waals surface area contributed by atoms with Crippen molar-refractivity contribution in [2.45, 2.75) is 38.9 Å². The highest BCUT2D eigenvalue weighted by Gasteiger charge is 2.51. The molecule has 1 aromatic heterocycles. The van der Waals surface area contributed by atoms with Gasteiger partial charge in [0.15, 0.2) is 0 Å². The van der Waals surface area contributed by atoms with Crippen molar-refractivity contribution in [1.29, 1.82) is 0 Å². The van der Waals surface area contributed by atoms with Gasteiger partial charge in [0.05, 0.1) is 11.2 Å². The average Bonchev–Trinajstić information content (AvgIpc) is 3.15. The van der Waals surface area contributed by atoms with Gasteiger partial charge in [0.2, 0.25) is 0 Å². The molecule has 0 aliphatic carbocycles. The van der Waals surface area contributed by atoms with Gasteiger partial charge >= 0.3 is 7.12 Å². The van der Waals surface area contributed by atoms with Gasteiger partial charge < -0.3 is 13.7 Å². The largest absolute Gasteiger partial charge is 0.494 e. The second-order valence-corrected chi connectivity index (χ2v) is 8.50. The Morgan fingerprint density at radius 3 is 2.07 bits per heavy atom. The summed E-state index contributed by atoms with van der Waals surface area (Å²) in [6.07, 6.45) is 0. The van der Waals surface area contributed by atoms with Crippen molar-refractivity contribution >= 4 is 34.5 Å². The van der Waals surface area contributed by atoms with Gasteiger partial charge in [0.25, 0.3) is 0 Å². The summed E-state index contributed by atoms with van der Waals surface area (Å²) < 4.78 is 18.9. The Balaban J connectivity index is 1.76. The summed E-state index contributed by atoms with van der Waals surface area (Å²) in [7, 11) is -0.412. The molecule has 0 amide bonds. The van der Waals surface area contributed by atoms with Crippen LogP contribution in [0.5, 0.6) is 0 Å². The van der Waals surface area contributed by atoms with Crippen molar-refractivity contribution in [2.75, 3.05) is 0 Å². The second-order valence-electron chi connectivity index (χ2n) is 8.50. The third-order valence-corrected chi connectivity index (χ3v) is 6.11. The first kappa shape index (κ1) is 17.5. The zero-order valence-corrected chi connectivity index (χ0v) is 16.7. The van der Waals surface area contributed by atoms with Crippen LogP contribution < -0.4 is 5.46 Å². The molecule has 5 rings (SSSR count). The van der Waals surface area contributed by atoms with Crippen molar-refractivity contribution < 1.29 is 13.7 Å². The molecule has 1 aliphatic heterocycles. The number of fused-ring (bicyclic) bond motifs is 3. The maximum absolute atomic E-state index is 6.33. The van der Waals surface area contributed by atoms with Crippen molar-refractivity contribution in [3.8, 4) is 11.1 Å². The Morgan fingerprint density at radius 1 is 0.714 bits per heavy atom. The van der Waals surface area contributed by atoms with Crippen LogP contribution in [0, 0.1) is 0 Å². The molecule has 0 radical (unpaired) electrons. The fourth-order valence-corrected chi connectivity index (χ4v) is 3.80. The highest BCUT2D eigenvalue weighted by molar-refractivity contribution is 6.62. The van der Waals surface area contributed by atoms with E-state index in [0.717, 1.165) is 38.5 Å². The summed E-state index contributed by atoms with van der Waals surface area (Å²) in [6, 6.07) is 22.8. The Morgan fingerprint density at radius 2 is 1.36 bits per heavy atom. The van der Waals surface area contributed by atoms with E-state index in [2.05, 4.69) is 58.0 Å². The maximum Gasteiger partial charge on any atom is 0.494 e. The number of hydrogen-bond donors (Lipinski definition) is 0. The SMILES string of the molecule is CC1(C)OB(c2cc(-c3ccccc3)c3oc4ccccc4c3c2)OC1(C)C. The molecule has 1 aliphatic rings. The van der Waals surface area contributed by atoms with Gasteiger partial charge in [-0.1, -0.05) is 60.7 Å². The predicted octanol–water partition coefficient (Wildman–Crippen LogP) is 5.55. The molecule has 1 fully saturated rings. The van der Waals surface area contributed by atoms with Crippen molar-refractivity contribution in [2.24, 2.45) is 0 Å². The first-order valence-corrected chi connectivity index (χ1v) is 9.72. The van der Waals surface area contributed by atoms with E-state index in [4.69, 9.17) is 13.7 Å². The minimum Gasteiger partial charge on any atom is -0.455 e. The number of benzene rings is 3. The van der Waals surface area contributed by atoms with Crippen molar-refractivity contribution in [1.82, 2.24) is 0 Å². The van der Waals surface area contributed by atoms with Crippen LogP contribution in [0.1, 0.15) is 27.7 Å². The van der Waals surface area contributed by atoms with E-state index in [-0.39, 0.29) is 11.2 Å². The molecule has 0 atom stereocenters. The van der Waals surface area contributed by atoms with Crippen LogP contribution in [0.3, 0.4) is 0 Å². The molecular weight excluding hydrogens is 347 g/mol. The maximum atomic E-state index is 6.33. The zero-order valence-electron chi connectivity index (χ0n) is 16.7. The lowest BCUT2D eigenvalue weighted by atomic mass is 9.77. The van der Waals surface area contributed by atoms with Crippen LogP contribution >= 0.6 is 0 Å². The smallest absolute Gasteiger partial charge is 0.455 e. The molecule has 4 aromatic rings.